The molecule has 2 aromatic carbocycles. The maximum Gasteiger partial charge on any atom is 0.243 e. The smallest absolute Gasteiger partial charge is 0.243 e. The van der Waals surface area contributed by atoms with Crippen LogP contribution < -0.4 is 4.80 Å². The number of nitrogens with zero attached hydrogens (tertiary/aromatic N) is 3. The van der Waals surface area contributed by atoms with Crippen molar-refractivity contribution >= 4 is 27.0 Å². The molecule has 0 atom stereocenters. The van der Waals surface area contributed by atoms with Crippen molar-refractivity contribution in [3.63, 3.8) is 0 Å². The Balaban J connectivity index is 1.65. The summed E-state index contributed by atoms with van der Waals surface area (Å²) in [4.78, 5) is 5.87. The van der Waals surface area contributed by atoms with E-state index >= 15 is 0 Å². The number of hydrogen-bond donors (Lipinski definition) is 0. The summed E-state index contributed by atoms with van der Waals surface area (Å²) in [7, 11) is -3.51. The van der Waals surface area contributed by atoms with Crippen LogP contribution in [0.4, 0.5) is 5.69 Å². The summed E-state index contributed by atoms with van der Waals surface area (Å²) in [5.41, 5.74) is 4.12. The number of morpholine rings is 1. The molecule has 0 spiro atoms. The number of rotatable bonds is 6. The van der Waals surface area contributed by atoms with Crippen molar-refractivity contribution in [2.75, 3.05) is 26.3 Å². The van der Waals surface area contributed by atoms with Gasteiger partial charge in [0.25, 0.3) is 0 Å². The first-order chi connectivity index (χ1) is 15.0. The van der Waals surface area contributed by atoms with Crippen molar-refractivity contribution < 1.29 is 13.2 Å². The Morgan fingerprint density at radius 3 is 2.42 bits per heavy atom. The molecule has 8 heteroatoms. The highest BCUT2D eigenvalue weighted by atomic mass is 32.2. The Labute approximate surface area is 186 Å². The zero-order chi connectivity index (χ0) is 21.8. The molecular weight excluding hydrogens is 430 g/mol. The van der Waals surface area contributed by atoms with E-state index in [9.17, 15) is 8.42 Å². The van der Waals surface area contributed by atoms with Crippen LogP contribution in [0.1, 0.15) is 5.56 Å². The van der Waals surface area contributed by atoms with Crippen molar-refractivity contribution in [2.24, 2.45) is 4.99 Å². The lowest BCUT2D eigenvalue weighted by Gasteiger charge is -2.26. The largest absolute Gasteiger partial charge is 0.379 e. The first-order valence-electron chi connectivity index (χ1n) is 10.1. The van der Waals surface area contributed by atoms with E-state index in [4.69, 9.17) is 9.73 Å². The molecule has 0 aliphatic carbocycles. The van der Waals surface area contributed by atoms with Gasteiger partial charge >= 0.3 is 0 Å². The Morgan fingerprint density at radius 1 is 1.10 bits per heavy atom. The van der Waals surface area contributed by atoms with Crippen molar-refractivity contribution in [2.45, 2.75) is 18.4 Å². The molecule has 1 aliphatic rings. The Hall–Kier alpha value is -2.52. The van der Waals surface area contributed by atoms with Gasteiger partial charge in [0.1, 0.15) is 0 Å². The molecule has 1 fully saturated rings. The van der Waals surface area contributed by atoms with Gasteiger partial charge in [-0.2, -0.15) is 4.31 Å². The Morgan fingerprint density at radius 2 is 1.77 bits per heavy atom. The van der Waals surface area contributed by atoms with E-state index in [-0.39, 0.29) is 4.90 Å². The minimum Gasteiger partial charge on any atom is -0.379 e. The normalized spacial score (nSPS) is 15.8. The molecular formula is C23H25N3O3S2. The lowest BCUT2D eigenvalue weighted by atomic mass is 10.1. The number of sulfonamides is 1. The van der Waals surface area contributed by atoms with Crippen LogP contribution in [0.3, 0.4) is 0 Å². The number of hydrogen-bond acceptors (Lipinski definition) is 5. The van der Waals surface area contributed by atoms with Gasteiger partial charge in [-0.3, -0.25) is 0 Å². The zero-order valence-electron chi connectivity index (χ0n) is 17.4. The second-order valence-electron chi connectivity index (χ2n) is 7.29. The van der Waals surface area contributed by atoms with E-state index < -0.39 is 10.0 Å². The zero-order valence-corrected chi connectivity index (χ0v) is 19.0. The highest BCUT2D eigenvalue weighted by Gasteiger charge is 2.26. The van der Waals surface area contributed by atoms with Crippen LogP contribution in [0, 0.1) is 6.92 Å². The first kappa shape index (κ1) is 21.7. The van der Waals surface area contributed by atoms with Crippen LogP contribution in [-0.4, -0.2) is 43.6 Å². The van der Waals surface area contributed by atoms with Crippen molar-refractivity contribution in [1.29, 1.82) is 0 Å². The SMILES string of the molecule is C=CCn1c(-c2ccc(C)cc2)csc1=Nc1ccc(S(=O)(=O)N2CCOCC2)cc1. The molecule has 0 bridgehead atoms. The highest BCUT2D eigenvalue weighted by molar-refractivity contribution is 7.89. The second-order valence-corrected chi connectivity index (χ2v) is 10.1. The van der Waals surface area contributed by atoms with Gasteiger partial charge in [0.15, 0.2) is 4.80 Å². The number of aromatic nitrogens is 1. The van der Waals surface area contributed by atoms with Gasteiger partial charge in [-0.05, 0) is 36.8 Å². The van der Waals surface area contributed by atoms with Crippen LogP contribution in [0.2, 0.25) is 0 Å². The predicted molar refractivity (Wildman–Crippen MR) is 124 cm³/mol. The van der Waals surface area contributed by atoms with Crippen LogP contribution in [0.25, 0.3) is 11.3 Å². The molecule has 4 rings (SSSR count). The molecule has 6 nitrogen and oxygen atoms in total. The fraction of sp³-hybridized carbons (Fsp3) is 0.261. The summed E-state index contributed by atoms with van der Waals surface area (Å²) in [6.07, 6.45) is 1.85. The number of ether oxygens (including phenoxy) is 1. The highest BCUT2D eigenvalue weighted by Crippen LogP contribution is 2.23. The standard InChI is InChI=1S/C23H25N3O3S2/c1-3-12-26-22(19-6-4-18(2)5-7-19)17-30-23(26)24-20-8-10-21(11-9-20)31(27,28)25-13-15-29-16-14-25/h3-11,17H,1,12-16H2,2H3. The summed E-state index contributed by atoms with van der Waals surface area (Å²) < 4.78 is 34.4. The molecule has 0 N–H and O–H groups in total. The van der Waals surface area contributed by atoms with Gasteiger partial charge in [0.2, 0.25) is 10.0 Å². The summed E-state index contributed by atoms with van der Waals surface area (Å²) >= 11 is 1.55. The third-order valence-electron chi connectivity index (χ3n) is 5.13. The molecule has 0 radical (unpaired) electrons. The fourth-order valence-corrected chi connectivity index (χ4v) is 5.76. The molecule has 162 valence electrons. The van der Waals surface area contributed by atoms with Gasteiger partial charge in [-0.15, -0.1) is 17.9 Å². The maximum absolute atomic E-state index is 12.8. The Kier molecular flexibility index (Phi) is 6.52. The Bertz CT molecular complexity index is 1220. The van der Waals surface area contributed by atoms with Crippen LogP contribution in [-0.2, 0) is 21.3 Å². The quantitative estimate of drug-likeness (QED) is 0.529. The van der Waals surface area contributed by atoms with Gasteiger partial charge in [0.05, 0.1) is 29.5 Å². The van der Waals surface area contributed by atoms with Crippen molar-refractivity contribution in [3.8, 4) is 11.3 Å². The fourth-order valence-electron chi connectivity index (χ4n) is 3.42. The van der Waals surface area contributed by atoms with Gasteiger partial charge < -0.3 is 9.30 Å². The van der Waals surface area contributed by atoms with Crippen molar-refractivity contribution in [3.05, 3.63) is 76.9 Å². The second kappa shape index (κ2) is 9.32. The summed E-state index contributed by atoms with van der Waals surface area (Å²) in [5, 5.41) is 2.09. The molecule has 0 amide bonds. The first-order valence-corrected chi connectivity index (χ1v) is 12.4. The summed E-state index contributed by atoms with van der Waals surface area (Å²) in [6.45, 7) is 8.20. The van der Waals surface area contributed by atoms with Crippen LogP contribution in [0.15, 0.2) is 76.5 Å². The van der Waals surface area contributed by atoms with Gasteiger partial charge in [-0.25, -0.2) is 13.4 Å². The predicted octanol–water partition coefficient (Wildman–Crippen LogP) is 3.96. The molecule has 0 saturated carbocycles. The monoisotopic (exact) mass is 455 g/mol. The van der Waals surface area contributed by atoms with Crippen LogP contribution >= 0.6 is 11.3 Å². The molecule has 1 aliphatic heterocycles. The molecule has 1 saturated heterocycles. The van der Waals surface area contributed by atoms with Gasteiger partial charge in [-0.1, -0.05) is 35.9 Å². The summed E-state index contributed by atoms with van der Waals surface area (Å²) in [5.74, 6) is 0. The number of aryl methyl sites for hydroxylation is 1. The topological polar surface area (TPSA) is 63.9 Å². The molecule has 3 aromatic rings. The maximum atomic E-state index is 12.8. The molecule has 0 unspecified atom stereocenters. The lowest BCUT2D eigenvalue weighted by molar-refractivity contribution is 0.0730. The summed E-state index contributed by atoms with van der Waals surface area (Å²) in [6, 6.07) is 15.1. The average Bonchev–Trinajstić information content (AvgIpc) is 3.18. The van der Waals surface area contributed by atoms with E-state index in [1.807, 2.05) is 6.08 Å². The van der Waals surface area contributed by atoms with Crippen LogP contribution in [0.5, 0.6) is 0 Å². The minimum absolute atomic E-state index is 0.277. The third-order valence-corrected chi connectivity index (χ3v) is 7.90. The third kappa shape index (κ3) is 4.72. The molecule has 1 aromatic heterocycles. The van der Waals surface area contributed by atoms with Gasteiger partial charge in [0, 0.05) is 25.0 Å². The number of benzene rings is 2. The minimum atomic E-state index is -3.51. The average molecular weight is 456 g/mol. The van der Waals surface area contributed by atoms with E-state index in [1.54, 1.807) is 35.6 Å². The van der Waals surface area contributed by atoms with E-state index in [0.717, 1.165) is 16.1 Å². The van der Waals surface area contributed by atoms with E-state index in [2.05, 4.69) is 47.7 Å². The number of allylic oxidation sites excluding steroid dienone is 1. The van der Waals surface area contributed by atoms with E-state index in [1.165, 1.54) is 9.87 Å². The molecule has 31 heavy (non-hydrogen) atoms. The lowest BCUT2D eigenvalue weighted by Crippen LogP contribution is -2.40. The van der Waals surface area contributed by atoms with E-state index in [0.29, 0.717) is 38.5 Å². The van der Waals surface area contributed by atoms with Crippen molar-refractivity contribution in [1.82, 2.24) is 8.87 Å². The molecule has 2 heterocycles. The number of thiazole rings is 1.